The van der Waals surface area contributed by atoms with Crippen molar-refractivity contribution in [2.45, 2.75) is 25.6 Å². The third-order valence-corrected chi connectivity index (χ3v) is 1.92. The van der Waals surface area contributed by atoms with Crippen molar-refractivity contribution in [3.05, 3.63) is 12.2 Å². The summed E-state index contributed by atoms with van der Waals surface area (Å²) >= 11 is 0. The molecule has 1 saturated heterocycles. The van der Waals surface area contributed by atoms with Crippen molar-refractivity contribution in [2.24, 2.45) is 0 Å². The predicted octanol–water partition coefficient (Wildman–Crippen LogP) is 0.488. The summed E-state index contributed by atoms with van der Waals surface area (Å²) in [5.41, 5.74) is -0.667. The maximum atomic E-state index is 10.9. The topological polar surface area (TPSA) is 46.7 Å². The van der Waals surface area contributed by atoms with E-state index in [1.165, 1.54) is 13.0 Å². The van der Waals surface area contributed by atoms with E-state index in [4.69, 9.17) is 4.74 Å². The van der Waals surface area contributed by atoms with Crippen molar-refractivity contribution in [3.63, 3.8) is 0 Å². The Morgan fingerprint density at radius 2 is 2.27 bits per heavy atom. The summed E-state index contributed by atoms with van der Waals surface area (Å²) < 4.78 is 5.07. The Kier molecular flexibility index (Phi) is 1.91. The van der Waals surface area contributed by atoms with E-state index in [1.807, 2.05) is 0 Å². The van der Waals surface area contributed by atoms with Gasteiger partial charge in [0.05, 0.1) is 0 Å². The fourth-order valence-corrected chi connectivity index (χ4v) is 0.882. The van der Waals surface area contributed by atoms with Crippen molar-refractivity contribution in [2.75, 3.05) is 0 Å². The molecule has 3 nitrogen and oxygen atoms in total. The molecule has 0 saturated carbocycles. The fraction of sp³-hybridized carbons (Fsp3) is 0.500. The Bertz CT molecular complexity index is 219. The van der Waals surface area contributed by atoms with Crippen LogP contribution in [0.15, 0.2) is 12.2 Å². The molecule has 0 aromatic rings. The van der Waals surface area contributed by atoms with E-state index in [9.17, 15) is 9.59 Å². The van der Waals surface area contributed by atoms with E-state index in [0.717, 1.165) is 0 Å². The average molecular weight is 154 g/mol. The number of epoxide rings is 1. The summed E-state index contributed by atoms with van der Waals surface area (Å²) in [6.07, 6.45) is 3.40. The zero-order chi connectivity index (χ0) is 8.48. The van der Waals surface area contributed by atoms with E-state index >= 15 is 0 Å². The maximum absolute atomic E-state index is 10.9. The van der Waals surface area contributed by atoms with E-state index in [0.29, 0.717) is 6.29 Å². The molecule has 0 spiro atoms. The van der Waals surface area contributed by atoms with Crippen LogP contribution in [0.4, 0.5) is 0 Å². The lowest BCUT2D eigenvalue weighted by Crippen LogP contribution is -2.19. The highest BCUT2D eigenvalue weighted by atomic mass is 16.6. The fourth-order valence-electron chi connectivity index (χ4n) is 0.882. The second-order valence-electron chi connectivity index (χ2n) is 2.72. The lowest BCUT2D eigenvalue weighted by molar-refractivity contribution is -0.121. The summed E-state index contributed by atoms with van der Waals surface area (Å²) in [5, 5.41) is 0. The molecule has 0 N–H and O–H groups in total. The number of carbonyl (C=O) groups is 2. The first-order valence-electron chi connectivity index (χ1n) is 3.42. The van der Waals surface area contributed by atoms with Crippen LogP contribution in [0.5, 0.6) is 0 Å². The molecular formula is C8H10O3. The van der Waals surface area contributed by atoms with Crippen molar-refractivity contribution < 1.29 is 14.3 Å². The Balaban J connectivity index is 2.53. The Hall–Kier alpha value is -0.960. The molecule has 11 heavy (non-hydrogen) atoms. The van der Waals surface area contributed by atoms with Gasteiger partial charge in [-0.2, -0.15) is 0 Å². The zero-order valence-electron chi connectivity index (χ0n) is 6.53. The molecule has 2 atom stereocenters. The first-order chi connectivity index (χ1) is 5.11. The van der Waals surface area contributed by atoms with Gasteiger partial charge in [0, 0.05) is 0 Å². The predicted molar refractivity (Wildman–Crippen MR) is 39.2 cm³/mol. The third kappa shape index (κ3) is 1.38. The van der Waals surface area contributed by atoms with Crippen LogP contribution in [0, 0.1) is 0 Å². The molecule has 0 amide bonds. The number of rotatable bonds is 3. The molecule has 0 aromatic carbocycles. The summed E-state index contributed by atoms with van der Waals surface area (Å²) in [6.45, 7) is 3.20. The molecule has 1 aliphatic rings. The number of hydrogen-bond donors (Lipinski definition) is 0. The number of ether oxygens (including phenoxy) is 1. The smallest absolute Gasteiger partial charge is 0.164 e. The number of carbonyl (C=O) groups excluding carboxylic acids is 2. The third-order valence-electron chi connectivity index (χ3n) is 1.92. The van der Waals surface area contributed by atoms with Crippen molar-refractivity contribution in [1.82, 2.24) is 0 Å². The molecule has 1 fully saturated rings. The standard InChI is InChI=1S/C8H10O3/c1-6(10)8(2)7(11-8)4-3-5-9/h3-5,7H,1-2H3. The summed E-state index contributed by atoms with van der Waals surface area (Å²) in [5.74, 6) is -0.00181. The van der Waals surface area contributed by atoms with E-state index in [2.05, 4.69) is 0 Å². The molecule has 0 bridgehead atoms. The van der Waals surface area contributed by atoms with Gasteiger partial charge in [0.2, 0.25) is 0 Å². The van der Waals surface area contributed by atoms with Crippen LogP contribution in [0.2, 0.25) is 0 Å². The Morgan fingerprint density at radius 1 is 1.64 bits per heavy atom. The molecule has 1 aliphatic heterocycles. The number of hydrogen-bond acceptors (Lipinski definition) is 3. The Morgan fingerprint density at radius 3 is 2.64 bits per heavy atom. The van der Waals surface area contributed by atoms with Crippen molar-refractivity contribution >= 4 is 12.1 Å². The second-order valence-corrected chi connectivity index (χ2v) is 2.72. The summed E-state index contributed by atoms with van der Waals surface area (Å²) in [4.78, 5) is 20.7. The number of aldehydes is 1. The number of ketones is 1. The zero-order valence-corrected chi connectivity index (χ0v) is 6.53. The van der Waals surface area contributed by atoms with Crippen molar-refractivity contribution in [1.29, 1.82) is 0 Å². The quantitative estimate of drug-likeness (QED) is 0.337. The molecule has 2 unspecified atom stereocenters. The molecule has 0 radical (unpaired) electrons. The molecule has 1 rings (SSSR count). The molecule has 0 aliphatic carbocycles. The first kappa shape index (κ1) is 8.14. The first-order valence-corrected chi connectivity index (χ1v) is 3.42. The largest absolute Gasteiger partial charge is 0.354 e. The van der Waals surface area contributed by atoms with Crippen LogP contribution in [0.1, 0.15) is 13.8 Å². The van der Waals surface area contributed by atoms with Gasteiger partial charge in [-0.3, -0.25) is 9.59 Å². The summed E-state index contributed by atoms with van der Waals surface area (Å²) in [6, 6.07) is 0. The second kappa shape index (κ2) is 2.58. The van der Waals surface area contributed by atoms with Gasteiger partial charge in [-0.25, -0.2) is 0 Å². The minimum absolute atomic E-state index is 0.00181. The normalized spacial score (nSPS) is 35.6. The van der Waals surface area contributed by atoms with Crippen molar-refractivity contribution in [3.8, 4) is 0 Å². The van der Waals surface area contributed by atoms with Crippen LogP contribution in [-0.2, 0) is 14.3 Å². The highest BCUT2D eigenvalue weighted by molar-refractivity contribution is 5.88. The molecule has 60 valence electrons. The number of allylic oxidation sites excluding steroid dienone is 1. The van der Waals surface area contributed by atoms with Gasteiger partial charge in [0.1, 0.15) is 12.4 Å². The van der Waals surface area contributed by atoms with Gasteiger partial charge in [0.15, 0.2) is 11.4 Å². The van der Waals surface area contributed by atoms with Crippen LogP contribution >= 0.6 is 0 Å². The van der Waals surface area contributed by atoms with Crippen LogP contribution in [-0.4, -0.2) is 23.8 Å². The van der Waals surface area contributed by atoms with Gasteiger partial charge in [-0.15, -0.1) is 0 Å². The van der Waals surface area contributed by atoms with Gasteiger partial charge in [-0.1, -0.05) is 0 Å². The van der Waals surface area contributed by atoms with Crippen LogP contribution in [0.3, 0.4) is 0 Å². The van der Waals surface area contributed by atoms with Crippen LogP contribution < -0.4 is 0 Å². The van der Waals surface area contributed by atoms with E-state index < -0.39 is 5.60 Å². The average Bonchev–Trinajstić information content (AvgIpc) is 2.59. The van der Waals surface area contributed by atoms with Gasteiger partial charge >= 0.3 is 0 Å². The highest BCUT2D eigenvalue weighted by Crippen LogP contribution is 2.37. The van der Waals surface area contributed by atoms with Gasteiger partial charge in [-0.05, 0) is 26.0 Å². The lowest BCUT2D eigenvalue weighted by Gasteiger charge is -1.95. The monoisotopic (exact) mass is 154 g/mol. The minimum Gasteiger partial charge on any atom is -0.354 e. The molecule has 1 heterocycles. The molecular weight excluding hydrogens is 144 g/mol. The summed E-state index contributed by atoms with van der Waals surface area (Å²) in [7, 11) is 0. The van der Waals surface area contributed by atoms with Gasteiger partial charge in [0.25, 0.3) is 0 Å². The van der Waals surface area contributed by atoms with E-state index in [1.54, 1.807) is 13.0 Å². The Labute approximate surface area is 65.0 Å². The highest BCUT2D eigenvalue weighted by Gasteiger charge is 2.54. The molecule has 3 heteroatoms. The van der Waals surface area contributed by atoms with Crippen LogP contribution in [0.25, 0.3) is 0 Å². The molecule has 0 aromatic heterocycles. The van der Waals surface area contributed by atoms with E-state index in [-0.39, 0.29) is 11.9 Å². The lowest BCUT2D eigenvalue weighted by atomic mass is 10.0. The minimum atomic E-state index is -0.667. The number of Topliss-reactive ketones (excluding diaryl/α,β-unsaturated/α-hetero) is 1. The maximum Gasteiger partial charge on any atom is 0.164 e. The van der Waals surface area contributed by atoms with Gasteiger partial charge < -0.3 is 4.74 Å². The SMILES string of the molecule is CC(=O)C1(C)OC1C=CC=O.